The Bertz CT molecular complexity index is 226. The monoisotopic (exact) mass is 199 g/mol. The lowest BCUT2D eigenvalue weighted by Crippen LogP contribution is -2.43. The lowest BCUT2D eigenvalue weighted by atomic mass is 10.2. The Hall–Kier alpha value is -0.730. The number of hydrogen-bond acceptors (Lipinski definition) is 2. The Morgan fingerprint density at radius 3 is 2.21 bits per heavy atom. The van der Waals surface area contributed by atoms with E-state index in [2.05, 4.69) is 6.92 Å². The van der Waals surface area contributed by atoms with Crippen molar-refractivity contribution < 1.29 is 9.53 Å². The van der Waals surface area contributed by atoms with Gasteiger partial charge in [0.1, 0.15) is 5.60 Å². The van der Waals surface area contributed by atoms with E-state index in [1.165, 1.54) is 0 Å². The van der Waals surface area contributed by atoms with Gasteiger partial charge in [-0.2, -0.15) is 0 Å². The Morgan fingerprint density at radius 1 is 1.43 bits per heavy atom. The summed E-state index contributed by atoms with van der Waals surface area (Å²) >= 11 is 0. The van der Waals surface area contributed by atoms with Crippen molar-refractivity contribution in [1.29, 1.82) is 0 Å². The van der Waals surface area contributed by atoms with E-state index in [1.807, 2.05) is 32.6 Å². The summed E-state index contributed by atoms with van der Waals surface area (Å²) in [7, 11) is 0. The molecule has 1 fully saturated rings. The molecule has 0 atom stereocenters. The molecule has 3 heteroatoms. The third kappa shape index (κ3) is 2.63. The molecule has 0 heterocycles. The first-order valence-electron chi connectivity index (χ1n) is 5.29. The van der Waals surface area contributed by atoms with Crippen molar-refractivity contribution in [3.05, 3.63) is 0 Å². The first-order valence-corrected chi connectivity index (χ1v) is 5.29. The number of ether oxygens (including phenoxy) is 1. The van der Waals surface area contributed by atoms with Crippen molar-refractivity contribution in [3.8, 4) is 0 Å². The van der Waals surface area contributed by atoms with Crippen molar-refractivity contribution in [2.45, 2.75) is 58.6 Å². The van der Waals surface area contributed by atoms with E-state index < -0.39 is 5.60 Å². The topological polar surface area (TPSA) is 29.5 Å². The summed E-state index contributed by atoms with van der Waals surface area (Å²) in [5, 5.41) is 0. The quantitative estimate of drug-likeness (QED) is 0.684. The van der Waals surface area contributed by atoms with Gasteiger partial charge in [-0.1, -0.05) is 0 Å². The molecule has 1 aliphatic rings. The second kappa shape index (κ2) is 3.44. The zero-order valence-corrected chi connectivity index (χ0v) is 9.89. The molecule has 0 spiro atoms. The minimum Gasteiger partial charge on any atom is -0.444 e. The van der Waals surface area contributed by atoms with Gasteiger partial charge in [-0.15, -0.1) is 0 Å². The maximum Gasteiger partial charge on any atom is 0.410 e. The van der Waals surface area contributed by atoms with Gasteiger partial charge < -0.3 is 9.64 Å². The van der Waals surface area contributed by atoms with Crippen molar-refractivity contribution >= 4 is 6.09 Å². The molecule has 14 heavy (non-hydrogen) atoms. The number of carbonyl (C=O) groups is 1. The average molecular weight is 199 g/mol. The van der Waals surface area contributed by atoms with E-state index in [-0.39, 0.29) is 11.6 Å². The predicted octanol–water partition coefficient (Wildman–Crippen LogP) is 2.80. The smallest absolute Gasteiger partial charge is 0.410 e. The fourth-order valence-electron chi connectivity index (χ4n) is 1.50. The van der Waals surface area contributed by atoms with Crippen LogP contribution in [-0.2, 0) is 4.74 Å². The number of rotatable bonds is 2. The third-order valence-corrected chi connectivity index (χ3v) is 2.56. The van der Waals surface area contributed by atoms with E-state index in [1.54, 1.807) is 0 Å². The predicted molar refractivity (Wildman–Crippen MR) is 56.3 cm³/mol. The molecule has 0 bridgehead atoms. The zero-order valence-electron chi connectivity index (χ0n) is 9.89. The SMILES string of the molecule is CCN(C(=O)OC(C)(C)C)C1(C)CC1. The summed E-state index contributed by atoms with van der Waals surface area (Å²) in [4.78, 5) is 13.6. The first-order chi connectivity index (χ1) is 6.28. The molecule has 1 amide bonds. The standard InChI is InChI=1S/C11H21NO2/c1-6-12(11(5)7-8-11)9(13)14-10(2,3)4/h6-8H2,1-5H3. The van der Waals surface area contributed by atoms with E-state index in [0.717, 1.165) is 19.4 Å². The molecule has 1 rings (SSSR count). The van der Waals surface area contributed by atoms with Crippen molar-refractivity contribution in [2.24, 2.45) is 0 Å². The molecule has 0 aromatic heterocycles. The van der Waals surface area contributed by atoms with E-state index in [0.29, 0.717) is 0 Å². The van der Waals surface area contributed by atoms with Crippen LogP contribution < -0.4 is 0 Å². The Morgan fingerprint density at radius 2 is 1.93 bits per heavy atom. The molecule has 0 aliphatic heterocycles. The zero-order chi connectivity index (χ0) is 11.0. The van der Waals surface area contributed by atoms with E-state index in [9.17, 15) is 4.79 Å². The van der Waals surface area contributed by atoms with Crippen LogP contribution in [0.5, 0.6) is 0 Å². The molecule has 1 aliphatic carbocycles. The first kappa shape index (κ1) is 11.3. The van der Waals surface area contributed by atoms with Gasteiger partial charge in [0.05, 0.1) is 0 Å². The fraction of sp³-hybridized carbons (Fsp3) is 0.909. The van der Waals surface area contributed by atoms with Gasteiger partial charge in [0.15, 0.2) is 0 Å². The number of hydrogen-bond donors (Lipinski definition) is 0. The van der Waals surface area contributed by atoms with Crippen LogP contribution in [0.1, 0.15) is 47.5 Å². The minimum atomic E-state index is -0.393. The summed E-state index contributed by atoms with van der Waals surface area (Å²) < 4.78 is 5.34. The van der Waals surface area contributed by atoms with Crippen LogP contribution in [0.15, 0.2) is 0 Å². The minimum absolute atomic E-state index is 0.0666. The van der Waals surface area contributed by atoms with Crippen molar-refractivity contribution in [3.63, 3.8) is 0 Å². The van der Waals surface area contributed by atoms with Gasteiger partial charge in [0.2, 0.25) is 0 Å². The summed E-state index contributed by atoms with van der Waals surface area (Å²) in [6, 6.07) is 0. The highest BCUT2D eigenvalue weighted by molar-refractivity contribution is 5.69. The van der Waals surface area contributed by atoms with Gasteiger partial charge in [0, 0.05) is 12.1 Å². The molecule has 0 saturated heterocycles. The molecule has 0 unspecified atom stereocenters. The van der Waals surface area contributed by atoms with Gasteiger partial charge >= 0.3 is 6.09 Å². The second-order valence-corrected chi connectivity index (χ2v) is 5.22. The number of amides is 1. The van der Waals surface area contributed by atoms with Crippen LogP contribution in [-0.4, -0.2) is 28.7 Å². The number of nitrogens with zero attached hydrogens (tertiary/aromatic N) is 1. The van der Waals surface area contributed by atoms with Gasteiger partial charge in [0.25, 0.3) is 0 Å². The summed E-state index contributed by atoms with van der Waals surface area (Å²) in [6.07, 6.45) is 2.01. The fourth-order valence-corrected chi connectivity index (χ4v) is 1.50. The molecule has 0 aromatic carbocycles. The molecular weight excluding hydrogens is 178 g/mol. The summed E-state index contributed by atoms with van der Waals surface area (Å²) in [5.41, 5.74) is -0.327. The molecule has 0 N–H and O–H groups in total. The summed E-state index contributed by atoms with van der Waals surface area (Å²) in [5.74, 6) is 0. The molecule has 0 aromatic rings. The Kier molecular flexibility index (Phi) is 2.79. The van der Waals surface area contributed by atoms with Crippen LogP contribution in [0.2, 0.25) is 0 Å². The molecule has 3 nitrogen and oxygen atoms in total. The van der Waals surface area contributed by atoms with Crippen LogP contribution in [0.25, 0.3) is 0 Å². The lowest BCUT2D eigenvalue weighted by Gasteiger charge is -2.30. The van der Waals surface area contributed by atoms with Crippen LogP contribution in [0, 0.1) is 0 Å². The maximum absolute atomic E-state index is 11.8. The van der Waals surface area contributed by atoms with Crippen LogP contribution >= 0.6 is 0 Å². The molecular formula is C11H21NO2. The highest BCUT2D eigenvalue weighted by Gasteiger charge is 2.46. The van der Waals surface area contributed by atoms with Crippen molar-refractivity contribution in [1.82, 2.24) is 4.90 Å². The molecule has 82 valence electrons. The van der Waals surface area contributed by atoms with Gasteiger partial charge in [-0.05, 0) is 47.5 Å². The largest absolute Gasteiger partial charge is 0.444 e. The normalized spacial score (nSPS) is 18.9. The molecule has 0 radical (unpaired) electrons. The van der Waals surface area contributed by atoms with Crippen molar-refractivity contribution in [2.75, 3.05) is 6.54 Å². The Labute approximate surface area is 86.4 Å². The van der Waals surface area contributed by atoms with Crippen LogP contribution in [0.3, 0.4) is 0 Å². The third-order valence-electron chi connectivity index (χ3n) is 2.56. The van der Waals surface area contributed by atoms with Gasteiger partial charge in [-0.25, -0.2) is 4.79 Å². The highest BCUT2D eigenvalue weighted by Crippen LogP contribution is 2.41. The van der Waals surface area contributed by atoms with Crippen LogP contribution in [0.4, 0.5) is 4.79 Å². The second-order valence-electron chi connectivity index (χ2n) is 5.22. The Balaban J connectivity index is 2.58. The highest BCUT2D eigenvalue weighted by atomic mass is 16.6. The average Bonchev–Trinajstić information content (AvgIpc) is 2.65. The summed E-state index contributed by atoms with van der Waals surface area (Å²) in [6.45, 7) is 10.5. The van der Waals surface area contributed by atoms with Gasteiger partial charge in [-0.3, -0.25) is 0 Å². The maximum atomic E-state index is 11.8. The van der Waals surface area contributed by atoms with E-state index >= 15 is 0 Å². The number of carbonyl (C=O) groups excluding carboxylic acids is 1. The lowest BCUT2D eigenvalue weighted by molar-refractivity contribution is 0.0161. The van der Waals surface area contributed by atoms with E-state index in [4.69, 9.17) is 4.74 Å². The molecule has 1 saturated carbocycles.